The van der Waals surface area contributed by atoms with Crippen molar-refractivity contribution in [1.82, 2.24) is 4.90 Å². The largest absolute Gasteiger partial charge is 0.378 e. The molecule has 88 valence electrons. The second-order valence-corrected chi connectivity index (χ2v) is 4.87. The van der Waals surface area contributed by atoms with Gasteiger partial charge in [-0.05, 0) is 32.7 Å². The third-order valence-electron chi connectivity index (χ3n) is 3.10. The van der Waals surface area contributed by atoms with E-state index >= 15 is 0 Å². The second-order valence-electron chi connectivity index (χ2n) is 4.87. The zero-order valence-electron chi connectivity index (χ0n) is 9.95. The SMILES string of the molecule is COC(C)(C)CC(=O)N1CCC(CN)C1. The van der Waals surface area contributed by atoms with Crippen molar-refractivity contribution in [1.29, 1.82) is 0 Å². The predicted molar refractivity (Wildman–Crippen MR) is 59.4 cm³/mol. The van der Waals surface area contributed by atoms with Gasteiger partial charge in [0.25, 0.3) is 0 Å². The fraction of sp³-hybridized carbons (Fsp3) is 0.909. The third-order valence-corrected chi connectivity index (χ3v) is 3.10. The van der Waals surface area contributed by atoms with E-state index in [0.29, 0.717) is 18.9 Å². The molecule has 1 atom stereocenters. The van der Waals surface area contributed by atoms with Gasteiger partial charge < -0.3 is 15.4 Å². The minimum atomic E-state index is -0.363. The van der Waals surface area contributed by atoms with Gasteiger partial charge in [-0.15, -0.1) is 0 Å². The number of ether oxygens (including phenoxy) is 1. The lowest BCUT2D eigenvalue weighted by atomic mass is 10.0. The number of hydrogen-bond donors (Lipinski definition) is 1. The van der Waals surface area contributed by atoms with E-state index in [-0.39, 0.29) is 11.5 Å². The van der Waals surface area contributed by atoms with Crippen molar-refractivity contribution < 1.29 is 9.53 Å². The van der Waals surface area contributed by atoms with Crippen LogP contribution in [-0.4, -0.2) is 43.2 Å². The molecule has 1 fully saturated rings. The Labute approximate surface area is 91.8 Å². The number of rotatable bonds is 4. The van der Waals surface area contributed by atoms with Crippen molar-refractivity contribution in [2.75, 3.05) is 26.7 Å². The Morgan fingerprint density at radius 3 is 2.73 bits per heavy atom. The number of carbonyl (C=O) groups excluding carboxylic acids is 1. The van der Waals surface area contributed by atoms with Crippen molar-refractivity contribution in [3.8, 4) is 0 Å². The summed E-state index contributed by atoms with van der Waals surface area (Å²) in [6, 6.07) is 0. The first-order valence-electron chi connectivity index (χ1n) is 5.51. The summed E-state index contributed by atoms with van der Waals surface area (Å²) in [5, 5.41) is 0. The molecule has 0 saturated carbocycles. The van der Waals surface area contributed by atoms with E-state index in [1.807, 2.05) is 18.7 Å². The van der Waals surface area contributed by atoms with Crippen LogP contribution in [0.15, 0.2) is 0 Å². The van der Waals surface area contributed by atoms with Crippen LogP contribution in [-0.2, 0) is 9.53 Å². The van der Waals surface area contributed by atoms with Gasteiger partial charge in [0.15, 0.2) is 0 Å². The summed E-state index contributed by atoms with van der Waals surface area (Å²) in [6.45, 7) is 6.20. The van der Waals surface area contributed by atoms with E-state index in [9.17, 15) is 4.79 Å². The number of amides is 1. The van der Waals surface area contributed by atoms with Crippen LogP contribution in [0.25, 0.3) is 0 Å². The summed E-state index contributed by atoms with van der Waals surface area (Å²) in [7, 11) is 1.64. The Bertz CT molecular complexity index is 229. The van der Waals surface area contributed by atoms with E-state index in [1.165, 1.54) is 0 Å². The van der Waals surface area contributed by atoms with Gasteiger partial charge in [-0.25, -0.2) is 0 Å². The van der Waals surface area contributed by atoms with Crippen LogP contribution in [0.2, 0.25) is 0 Å². The van der Waals surface area contributed by atoms with Gasteiger partial charge in [-0.2, -0.15) is 0 Å². The molecule has 1 rings (SSSR count). The maximum absolute atomic E-state index is 11.9. The van der Waals surface area contributed by atoms with Crippen molar-refractivity contribution in [2.45, 2.75) is 32.3 Å². The third kappa shape index (κ3) is 3.47. The van der Waals surface area contributed by atoms with Crippen LogP contribution in [0, 0.1) is 5.92 Å². The minimum absolute atomic E-state index is 0.179. The molecule has 1 saturated heterocycles. The zero-order valence-corrected chi connectivity index (χ0v) is 9.95. The van der Waals surface area contributed by atoms with Crippen molar-refractivity contribution in [3.63, 3.8) is 0 Å². The quantitative estimate of drug-likeness (QED) is 0.746. The highest BCUT2D eigenvalue weighted by atomic mass is 16.5. The molecule has 0 aromatic carbocycles. The average Bonchev–Trinajstić information content (AvgIpc) is 2.65. The summed E-state index contributed by atoms with van der Waals surface area (Å²) >= 11 is 0. The lowest BCUT2D eigenvalue weighted by molar-refractivity contribution is -0.135. The molecule has 0 spiro atoms. The predicted octanol–water partition coefficient (Wildman–Crippen LogP) is 0.609. The molecule has 4 nitrogen and oxygen atoms in total. The molecular weight excluding hydrogens is 192 g/mol. The number of nitrogens with zero attached hydrogens (tertiary/aromatic N) is 1. The molecule has 1 amide bonds. The molecule has 0 aromatic rings. The van der Waals surface area contributed by atoms with Crippen LogP contribution in [0.3, 0.4) is 0 Å². The van der Waals surface area contributed by atoms with Crippen LogP contribution in [0.1, 0.15) is 26.7 Å². The fourth-order valence-electron chi connectivity index (χ4n) is 1.80. The van der Waals surface area contributed by atoms with Crippen LogP contribution in [0.5, 0.6) is 0 Å². The van der Waals surface area contributed by atoms with E-state index < -0.39 is 0 Å². The normalized spacial score (nSPS) is 22.1. The molecule has 1 heterocycles. The molecule has 1 aliphatic rings. The Balaban J connectivity index is 2.42. The monoisotopic (exact) mass is 214 g/mol. The highest BCUT2D eigenvalue weighted by Crippen LogP contribution is 2.20. The lowest BCUT2D eigenvalue weighted by Gasteiger charge is -2.25. The van der Waals surface area contributed by atoms with Crippen molar-refractivity contribution in [3.05, 3.63) is 0 Å². The molecule has 1 aliphatic heterocycles. The van der Waals surface area contributed by atoms with E-state index in [4.69, 9.17) is 10.5 Å². The van der Waals surface area contributed by atoms with E-state index in [0.717, 1.165) is 19.5 Å². The average molecular weight is 214 g/mol. The van der Waals surface area contributed by atoms with Crippen molar-refractivity contribution >= 4 is 5.91 Å². The molecule has 1 unspecified atom stereocenters. The molecular formula is C11H22N2O2. The first-order valence-corrected chi connectivity index (χ1v) is 5.51. The molecule has 0 bridgehead atoms. The number of methoxy groups -OCH3 is 1. The summed E-state index contributed by atoms with van der Waals surface area (Å²) in [4.78, 5) is 13.8. The number of likely N-dealkylation sites (tertiary alicyclic amines) is 1. The van der Waals surface area contributed by atoms with Gasteiger partial charge in [0.2, 0.25) is 5.91 Å². The fourth-order valence-corrected chi connectivity index (χ4v) is 1.80. The van der Waals surface area contributed by atoms with Crippen LogP contribution in [0.4, 0.5) is 0 Å². The number of carbonyl (C=O) groups is 1. The van der Waals surface area contributed by atoms with Gasteiger partial charge in [0.05, 0.1) is 12.0 Å². The second kappa shape index (κ2) is 4.94. The van der Waals surface area contributed by atoms with E-state index in [2.05, 4.69) is 0 Å². The summed E-state index contributed by atoms with van der Waals surface area (Å²) < 4.78 is 5.25. The highest BCUT2D eigenvalue weighted by molar-refractivity contribution is 5.77. The van der Waals surface area contributed by atoms with Gasteiger partial charge in [0, 0.05) is 20.2 Å². The Morgan fingerprint density at radius 2 is 2.27 bits per heavy atom. The Kier molecular flexibility index (Phi) is 4.11. The standard InChI is InChI=1S/C11H22N2O2/c1-11(2,15-3)6-10(14)13-5-4-9(7-12)8-13/h9H,4-8,12H2,1-3H3. The lowest BCUT2D eigenvalue weighted by Crippen LogP contribution is -2.36. The molecule has 2 N–H and O–H groups in total. The Hall–Kier alpha value is -0.610. The first kappa shape index (κ1) is 12.5. The smallest absolute Gasteiger partial charge is 0.225 e. The zero-order chi connectivity index (χ0) is 11.5. The minimum Gasteiger partial charge on any atom is -0.378 e. The summed E-state index contributed by atoms with van der Waals surface area (Å²) in [6.07, 6.45) is 1.48. The van der Waals surface area contributed by atoms with Gasteiger partial charge in [-0.3, -0.25) is 4.79 Å². The highest BCUT2D eigenvalue weighted by Gasteiger charge is 2.29. The number of hydrogen-bond acceptors (Lipinski definition) is 3. The molecule has 0 radical (unpaired) electrons. The van der Waals surface area contributed by atoms with Gasteiger partial charge >= 0.3 is 0 Å². The summed E-state index contributed by atoms with van der Waals surface area (Å²) in [5.74, 6) is 0.664. The molecule has 0 aromatic heterocycles. The molecule has 15 heavy (non-hydrogen) atoms. The maximum Gasteiger partial charge on any atom is 0.225 e. The Morgan fingerprint density at radius 1 is 1.60 bits per heavy atom. The maximum atomic E-state index is 11.9. The van der Waals surface area contributed by atoms with Crippen LogP contribution >= 0.6 is 0 Å². The molecule has 4 heteroatoms. The molecule has 0 aliphatic carbocycles. The van der Waals surface area contributed by atoms with E-state index in [1.54, 1.807) is 7.11 Å². The topological polar surface area (TPSA) is 55.6 Å². The summed E-state index contributed by atoms with van der Waals surface area (Å²) in [5.41, 5.74) is 5.22. The van der Waals surface area contributed by atoms with Gasteiger partial charge in [-0.1, -0.05) is 0 Å². The van der Waals surface area contributed by atoms with Crippen LogP contribution < -0.4 is 5.73 Å². The van der Waals surface area contributed by atoms with Crippen molar-refractivity contribution in [2.24, 2.45) is 11.7 Å². The number of nitrogens with two attached hydrogens (primary N) is 1. The van der Waals surface area contributed by atoms with Gasteiger partial charge in [0.1, 0.15) is 0 Å². The first-order chi connectivity index (χ1) is 6.98.